The van der Waals surface area contributed by atoms with E-state index in [1.807, 2.05) is 0 Å². The van der Waals surface area contributed by atoms with Gasteiger partial charge in [0.1, 0.15) is 0 Å². The highest BCUT2D eigenvalue weighted by atomic mass is 79.9. The van der Waals surface area contributed by atoms with E-state index in [4.69, 9.17) is 4.74 Å². The quantitative estimate of drug-likeness (QED) is 0.665. The van der Waals surface area contributed by atoms with E-state index >= 15 is 0 Å². The molecule has 2 heteroatoms. The average Bonchev–Trinajstić information content (AvgIpc) is 2.04. The number of ether oxygens (including phenoxy) is 1. The Kier molecular flexibility index (Phi) is 3.08. The Morgan fingerprint density at radius 2 is 1.58 bits per heavy atom. The highest BCUT2D eigenvalue weighted by Crippen LogP contribution is 2.33. The minimum atomic E-state index is 0.581. The topological polar surface area (TPSA) is 9.23 Å². The average molecular weight is 233 g/mol. The number of rotatable bonds is 2. The lowest BCUT2D eigenvalue weighted by atomic mass is 9.93. The van der Waals surface area contributed by atoms with E-state index in [2.05, 4.69) is 15.9 Å². The molecule has 0 aromatic heterocycles. The third-order valence-corrected chi connectivity index (χ3v) is 3.72. The molecule has 0 radical (unpaired) electrons. The van der Waals surface area contributed by atoms with E-state index in [1.54, 1.807) is 0 Å². The van der Waals surface area contributed by atoms with Gasteiger partial charge in [-0.25, -0.2) is 0 Å². The molecule has 2 aliphatic carbocycles. The second-order valence-electron chi connectivity index (χ2n) is 4.09. The van der Waals surface area contributed by atoms with Crippen LogP contribution in [0.5, 0.6) is 0 Å². The molecule has 0 bridgehead atoms. The predicted octanol–water partition coefficient (Wildman–Crippen LogP) is 3.26. The minimum absolute atomic E-state index is 0.581. The van der Waals surface area contributed by atoms with Crippen LogP contribution >= 0.6 is 15.9 Å². The van der Waals surface area contributed by atoms with Gasteiger partial charge in [-0.15, -0.1) is 0 Å². The first kappa shape index (κ1) is 9.01. The fourth-order valence-corrected chi connectivity index (χ4v) is 2.92. The van der Waals surface area contributed by atoms with Gasteiger partial charge in [0.15, 0.2) is 0 Å². The highest BCUT2D eigenvalue weighted by Gasteiger charge is 2.30. The maximum absolute atomic E-state index is 5.97. The van der Waals surface area contributed by atoms with Gasteiger partial charge in [-0.1, -0.05) is 35.2 Å². The van der Waals surface area contributed by atoms with Crippen LogP contribution in [-0.2, 0) is 4.74 Å². The first-order valence-corrected chi connectivity index (χ1v) is 6.05. The van der Waals surface area contributed by atoms with E-state index in [-0.39, 0.29) is 0 Å². The van der Waals surface area contributed by atoms with Crippen molar-refractivity contribution >= 4 is 15.9 Å². The van der Waals surface area contributed by atoms with Crippen molar-refractivity contribution in [3.05, 3.63) is 0 Å². The summed E-state index contributed by atoms with van der Waals surface area (Å²) in [5.74, 6) is 0. The summed E-state index contributed by atoms with van der Waals surface area (Å²) in [4.78, 5) is 0.742. The Morgan fingerprint density at radius 1 is 0.917 bits per heavy atom. The molecule has 0 spiro atoms. The Balaban J connectivity index is 1.65. The molecule has 0 atom stereocenters. The molecule has 1 nitrogen and oxygen atoms in total. The largest absolute Gasteiger partial charge is 0.375 e. The summed E-state index contributed by atoms with van der Waals surface area (Å²) in [6.45, 7) is 0. The second-order valence-corrected chi connectivity index (χ2v) is 5.38. The van der Waals surface area contributed by atoms with Crippen LogP contribution in [0.1, 0.15) is 44.9 Å². The van der Waals surface area contributed by atoms with E-state index < -0.39 is 0 Å². The summed E-state index contributed by atoms with van der Waals surface area (Å²) in [6, 6.07) is 0. The molecule has 0 aromatic rings. The summed E-state index contributed by atoms with van der Waals surface area (Å²) < 4.78 is 5.97. The zero-order valence-corrected chi connectivity index (χ0v) is 9.05. The normalized spacial score (nSPS) is 37.8. The van der Waals surface area contributed by atoms with Gasteiger partial charge < -0.3 is 4.74 Å². The van der Waals surface area contributed by atoms with Crippen LogP contribution in [0.15, 0.2) is 0 Å². The SMILES string of the molecule is BrC1CC(OC2CCCCC2)C1. The highest BCUT2D eigenvalue weighted by molar-refractivity contribution is 9.09. The second kappa shape index (κ2) is 4.10. The van der Waals surface area contributed by atoms with Gasteiger partial charge in [0, 0.05) is 4.83 Å². The molecule has 0 aliphatic heterocycles. The van der Waals surface area contributed by atoms with Crippen molar-refractivity contribution in [1.82, 2.24) is 0 Å². The Labute approximate surface area is 83.0 Å². The molecule has 2 rings (SSSR count). The predicted molar refractivity (Wildman–Crippen MR) is 53.7 cm³/mol. The van der Waals surface area contributed by atoms with Crippen LogP contribution in [0.2, 0.25) is 0 Å². The van der Waals surface area contributed by atoms with Crippen LogP contribution in [0.3, 0.4) is 0 Å². The van der Waals surface area contributed by atoms with Gasteiger partial charge in [0.2, 0.25) is 0 Å². The van der Waals surface area contributed by atoms with E-state index in [9.17, 15) is 0 Å². The van der Waals surface area contributed by atoms with Crippen LogP contribution in [0.4, 0.5) is 0 Å². The third kappa shape index (κ3) is 2.23. The van der Waals surface area contributed by atoms with Gasteiger partial charge >= 0.3 is 0 Å². The van der Waals surface area contributed by atoms with Gasteiger partial charge in [0.25, 0.3) is 0 Å². The Hall–Kier alpha value is 0.440. The molecule has 70 valence electrons. The molecular formula is C10H17BrO. The maximum Gasteiger partial charge on any atom is 0.0600 e. The number of halogens is 1. The lowest BCUT2D eigenvalue weighted by Crippen LogP contribution is -2.35. The smallest absolute Gasteiger partial charge is 0.0600 e. The lowest BCUT2D eigenvalue weighted by molar-refractivity contribution is -0.0610. The van der Waals surface area contributed by atoms with Crippen molar-refractivity contribution in [3.63, 3.8) is 0 Å². The van der Waals surface area contributed by atoms with Gasteiger partial charge in [-0.2, -0.15) is 0 Å². The van der Waals surface area contributed by atoms with Crippen LogP contribution < -0.4 is 0 Å². The molecule has 0 N–H and O–H groups in total. The summed E-state index contributed by atoms with van der Waals surface area (Å²) in [6.07, 6.45) is 10.5. The zero-order valence-electron chi connectivity index (χ0n) is 7.47. The molecule has 2 fully saturated rings. The fourth-order valence-electron chi connectivity index (χ4n) is 2.09. The monoisotopic (exact) mass is 232 g/mol. The van der Waals surface area contributed by atoms with Gasteiger partial charge in [-0.3, -0.25) is 0 Å². The summed E-state index contributed by atoms with van der Waals surface area (Å²) in [5, 5.41) is 0. The van der Waals surface area contributed by atoms with Crippen molar-refractivity contribution in [2.75, 3.05) is 0 Å². The first-order valence-electron chi connectivity index (χ1n) is 5.14. The van der Waals surface area contributed by atoms with E-state index in [0.29, 0.717) is 12.2 Å². The standard InChI is InChI=1S/C10H17BrO/c11-8-6-10(7-8)12-9-4-2-1-3-5-9/h8-10H,1-7H2. The van der Waals surface area contributed by atoms with Crippen LogP contribution in [0.25, 0.3) is 0 Å². The molecule has 2 saturated carbocycles. The van der Waals surface area contributed by atoms with E-state index in [1.165, 1.54) is 44.9 Å². The van der Waals surface area contributed by atoms with E-state index in [0.717, 1.165) is 4.83 Å². The Morgan fingerprint density at radius 3 is 2.17 bits per heavy atom. The van der Waals surface area contributed by atoms with Gasteiger partial charge in [0.05, 0.1) is 12.2 Å². The minimum Gasteiger partial charge on any atom is -0.375 e. The lowest BCUT2D eigenvalue weighted by Gasteiger charge is -2.35. The fraction of sp³-hybridized carbons (Fsp3) is 1.00. The third-order valence-electron chi connectivity index (χ3n) is 2.97. The summed E-state index contributed by atoms with van der Waals surface area (Å²) >= 11 is 3.59. The maximum atomic E-state index is 5.97. The molecule has 2 aliphatic rings. The van der Waals surface area contributed by atoms with Crippen molar-refractivity contribution in [1.29, 1.82) is 0 Å². The van der Waals surface area contributed by atoms with Crippen molar-refractivity contribution in [3.8, 4) is 0 Å². The summed E-state index contributed by atoms with van der Waals surface area (Å²) in [7, 11) is 0. The molecular weight excluding hydrogens is 216 g/mol. The number of hydrogen-bond acceptors (Lipinski definition) is 1. The zero-order chi connectivity index (χ0) is 8.39. The van der Waals surface area contributed by atoms with Crippen molar-refractivity contribution in [2.24, 2.45) is 0 Å². The van der Waals surface area contributed by atoms with Crippen molar-refractivity contribution < 1.29 is 4.74 Å². The molecule has 12 heavy (non-hydrogen) atoms. The molecule has 0 aromatic carbocycles. The van der Waals surface area contributed by atoms with Crippen LogP contribution in [0, 0.1) is 0 Å². The Bertz CT molecular complexity index is 137. The number of alkyl halides is 1. The molecule has 0 heterocycles. The first-order chi connectivity index (χ1) is 5.84. The van der Waals surface area contributed by atoms with Crippen LogP contribution in [-0.4, -0.2) is 17.0 Å². The molecule has 0 saturated heterocycles. The number of hydrogen-bond donors (Lipinski definition) is 0. The summed E-state index contributed by atoms with van der Waals surface area (Å²) in [5.41, 5.74) is 0. The molecule has 0 amide bonds. The van der Waals surface area contributed by atoms with Crippen molar-refractivity contribution in [2.45, 2.75) is 62.0 Å². The molecule has 0 unspecified atom stereocenters. The van der Waals surface area contributed by atoms with Gasteiger partial charge in [-0.05, 0) is 25.7 Å².